The molecule has 0 saturated heterocycles. The van der Waals surface area contributed by atoms with Gasteiger partial charge in [-0.3, -0.25) is 20.4 Å². The number of nitrogens with one attached hydrogen (secondary N) is 2. The second-order valence-corrected chi connectivity index (χ2v) is 4.85. The summed E-state index contributed by atoms with van der Waals surface area (Å²) in [5.74, 6) is -2.23. The lowest BCUT2D eigenvalue weighted by Crippen LogP contribution is -2.43. The molecule has 0 aliphatic rings. The number of carbonyl (C=O) groups excluding carboxylic acids is 3. The average Bonchev–Trinajstić information content (AvgIpc) is 2.65. The summed E-state index contributed by atoms with van der Waals surface area (Å²) >= 11 is 0. The monoisotopic (exact) mass is 364 g/mol. The molecule has 2 aromatic rings. The van der Waals surface area contributed by atoms with Crippen LogP contribution in [0.3, 0.4) is 0 Å². The van der Waals surface area contributed by atoms with E-state index in [-0.39, 0.29) is 11.3 Å². The molecular formula is C17H14F2N2O5. The molecule has 0 bridgehead atoms. The summed E-state index contributed by atoms with van der Waals surface area (Å²) in [7, 11) is 0. The molecule has 9 heteroatoms. The molecule has 2 aromatic carbocycles. The first kappa shape index (κ1) is 18.8. The maximum absolute atomic E-state index is 12.0. The molecule has 0 aliphatic heterocycles. The number of carbonyl (C=O) groups is 3. The van der Waals surface area contributed by atoms with Crippen LogP contribution in [-0.4, -0.2) is 31.0 Å². The molecule has 0 radical (unpaired) electrons. The minimum atomic E-state index is -2.97. The van der Waals surface area contributed by atoms with E-state index in [1.54, 1.807) is 30.3 Å². The summed E-state index contributed by atoms with van der Waals surface area (Å²) in [5, 5.41) is 0. The Balaban J connectivity index is 1.76. The summed E-state index contributed by atoms with van der Waals surface area (Å²) in [4.78, 5) is 35.1. The van der Waals surface area contributed by atoms with Crippen LogP contribution in [0, 0.1) is 0 Å². The third-order valence-electron chi connectivity index (χ3n) is 3.00. The molecule has 0 aliphatic carbocycles. The molecule has 7 nitrogen and oxygen atoms in total. The second-order valence-electron chi connectivity index (χ2n) is 4.85. The fourth-order valence-electron chi connectivity index (χ4n) is 1.81. The molecule has 0 fully saturated rings. The lowest BCUT2D eigenvalue weighted by Gasteiger charge is -2.08. The van der Waals surface area contributed by atoms with Gasteiger partial charge in [-0.15, -0.1) is 0 Å². The van der Waals surface area contributed by atoms with Gasteiger partial charge in [0.05, 0.1) is 5.56 Å². The Labute approximate surface area is 146 Å². The van der Waals surface area contributed by atoms with Gasteiger partial charge >= 0.3 is 12.6 Å². The van der Waals surface area contributed by atoms with Gasteiger partial charge < -0.3 is 9.47 Å². The lowest BCUT2D eigenvalue weighted by atomic mass is 10.2. The average molecular weight is 364 g/mol. The Kier molecular flexibility index (Phi) is 6.60. The normalized spacial score (nSPS) is 10.1. The van der Waals surface area contributed by atoms with Crippen LogP contribution in [0.15, 0.2) is 54.6 Å². The number of amides is 2. The molecule has 2 rings (SSSR count). The molecule has 0 spiro atoms. The summed E-state index contributed by atoms with van der Waals surface area (Å²) < 4.78 is 33.0. The van der Waals surface area contributed by atoms with Crippen molar-refractivity contribution in [2.75, 3.05) is 6.61 Å². The Bertz CT molecular complexity index is 766. The van der Waals surface area contributed by atoms with E-state index in [9.17, 15) is 23.2 Å². The molecule has 2 amide bonds. The number of hydrogen-bond acceptors (Lipinski definition) is 5. The van der Waals surface area contributed by atoms with E-state index in [1.165, 1.54) is 24.3 Å². The fourth-order valence-corrected chi connectivity index (χ4v) is 1.81. The van der Waals surface area contributed by atoms with E-state index in [4.69, 9.17) is 4.74 Å². The van der Waals surface area contributed by atoms with Gasteiger partial charge in [-0.2, -0.15) is 8.78 Å². The second kappa shape index (κ2) is 9.11. The fraction of sp³-hybridized carbons (Fsp3) is 0.118. The van der Waals surface area contributed by atoms with Gasteiger partial charge in [0.25, 0.3) is 11.8 Å². The minimum absolute atomic E-state index is 0.0488. The van der Waals surface area contributed by atoms with Crippen LogP contribution in [0.5, 0.6) is 5.75 Å². The highest BCUT2D eigenvalue weighted by Crippen LogP contribution is 2.15. The maximum atomic E-state index is 12.0. The molecule has 0 aromatic heterocycles. The third kappa shape index (κ3) is 5.86. The van der Waals surface area contributed by atoms with Crippen molar-refractivity contribution in [3.63, 3.8) is 0 Å². The highest BCUT2D eigenvalue weighted by molar-refractivity contribution is 5.96. The Morgan fingerprint density at radius 2 is 1.54 bits per heavy atom. The van der Waals surface area contributed by atoms with Gasteiger partial charge in [0.15, 0.2) is 6.61 Å². The van der Waals surface area contributed by atoms with Crippen molar-refractivity contribution < 1.29 is 32.6 Å². The highest BCUT2D eigenvalue weighted by atomic mass is 19.3. The first-order valence-corrected chi connectivity index (χ1v) is 7.32. The number of alkyl halides is 2. The minimum Gasteiger partial charge on any atom is -0.452 e. The molecule has 26 heavy (non-hydrogen) atoms. The topological polar surface area (TPSA) is 93.7 Å². The molecule has 0 saturated carbocycles. The standard InChI is InChI=1S/C17H14F2N2O5/c18-17(19)26-13-8-6-12(7-9-13)16(24)25-10-14(22)20-21-15(23)11-4-2-1-3-5-11/h1-9,17H,10H2,(H,20,22)(H,21,23). The van der Waals surface area contributed by atoms with E-state index in [0.717, 1.165) is 0 Å². The molecule has 2 N–H and O–H groups in total. The van der Waals surface area contributed by atoms with E-state index in [0.29, 0.717) is 5.56 Å². The van der Waals surface area contributed by atoms with Gasteiger partial charge in [-0.25, -0.2) is 4.79 Å². The zero-order valence-electron chi connectivity index (χ0n) is 13.3. The van der Waals surface area contributed by atoms with E-state index < -0.39 is 31.0 Å². The Hall–Kier alpha value is -3.49. The van der Waals surface area contributed by atoms with Crippen molar-refractivity contribution >= 4 is 17.8 Å². The van der Waals surface area contributed by atoms with Crippen LogP contribution in [0.1, 0.15) is 20.7 Å². The summed E-state index contributed by atoms with van der Waals surface area (Å²) in [6, 6.07) is 13.0. The van der Waals surface area contributed by atoms with E-state index in [1.807, 2.05) is 0 Å². The maximum Gasteiger partial charge on any atom is 0.387 e. The zero-order valence-corrected chi connectivity index (χ0v) is 13.3. The third-order valence-corrected chi connectivity index (χ3v) is 3.00. The van der Waals surface area contributed by atoms with E-state index >= 15 is 0 Å². The number of rotatable bonds is 6. The van der Waals surface area contributed by atoms with Crippen molar-refractivity contribution in [1.29, 1.82) is 0 Å². The van der Waals surface area contributed by atoms with Crippen molar-refractivity contribution in [1.82, 2.24) is 10.9 Å². The van der Waals surface area contributed by atoms with Crippen molar-refractivity contribution in [3.05, 3.63) is 65.7 Å². The summed E-state index contributed by atoms with van der Waals surface area (Å²) in [6.07, 6.45) is 0. The summed E-state index contributed by atoms with van der Waals surface area (Å²) in [5.41, 5.74) is 4.66. The number of esters is 1. The van der Waals surface area contributed by atoms with Crippen molar-refractivity contribution in [2.24, 2.45) is 0 Å². The quantitative estimate of drug-likeness (QED) is 0.603. The largest absolute Gasteiger partial charge is 0.452 e. The first-order chi connectivity index (χ1) is 12.5. The van der Waals surface area contributed by atoms with E-state index in [2.05, 4.69) is 15.6 Å². The van der Waals surface area contributed by atoms with Gasteiger partial charge in [0, 0.05) is 5.56 Å². The number of hydrogen-bond donors (Lipinski definition) is 2. The van der Waals surface area contributed by atoms with Crippen LogP contribution in [-0.2, 0) is 9.53 Å². The Morgan fingerprint density at radius 1 is 0.885 bits per heavy atom. The number of benzene rings is 2. The SMILES string of the molecule is O=C(COC(=O)c1ccc(OC(F)F)cc1)NNC(=O)c1ccccc1. The van der Waals surface area contributed by atoms with Crippen LogP contribution >= 0.6 is 0 Å². The van der Waals surface area contributed by atoms with Crippen molar-refractivity contribution in [2.45, 2.75) is 6.61 Å². The number of halogens is 2. The highest BCUT2D eigenvalue weighted by Gasteiger charge is 2.12. The first-order valence-electron chi connectivity index (χ1n) is 7.32. The Morgan fingerprint density at radius 3 is 2.15 bits per heavy atom. The number of hydrazine groups is 1. The van der Waals surface area contributed by atoms with Crippen LogP contribution in [0.2, 0.25) is 0 Å². The van der Waals surface area contributed by atoms with Crippen molar-refractivity contribution in [3.8, 4) is 5.75 Å². The predicted molar refractivity (Wildman–Crippen MR) is 85.4 cm³/mol. The zero-order chi connectivity index (χ0) is 18.9. The predicted octanol–water partition coefficient (Wildman–Crippen LogP) is 1.91. The van der Waals surface area contributed by atoms with Crippen LogP contribution < -0.4 is 15.6 Å². The molecule has 136 valence electrons. The molecule has 0 heterocycles. The lowest BCUT2D eigenvalue weighted by molar-refractivity contribution is -0.125. The number of ether oxygens (including phenoxy) is 2. The van der Waals surface area contributed by atoms with Gasteiger partial charge in [-0.05, 0) is 36.4 Å². The molecular weight excluding hydrogens is 350 g/mol. The molecule has 0 atom stereocenters. The van der Waals surface area contributed by atoms with Gasteiger partial charge in [-0.1, -0.05) is 18.2 Å². The van der Waals surface area contributed by atoms with Gasteiger partial charge in [0.2, 0.25) is 0 Å². The summed E-state index contributed by atoms with van der Waals surface area (Å²) in [6.45, 7) is -3.61. The smallest absolute Gasteiger partial charge is 0.387 e. The van der Waals surface area contributed by atoms with Crippen LogP contribution in [0.25, 0.3) is 0 Å². The molecule has 0 unspecified atom stereocenters. The van der Waals surface area contributed by atoms with Crippen LogP contribution in [0.4, 0.5) is 8.78 Å². The van der Waals surface area contributed by atoms with Gasteiger partial charge in [0.1, 0.15) is 5.75 Å².